The SMILES string of the molecule is [2H]C(F)(F)CC(=C)[C@H]1CC=C(C)C(=O)C1. The average molecular weight is 201 g/mol. The van der Waals surface area contributed by atoms with Gasteiger partial charge in [0.25, 0.3) is 0 Å². The van der Waals surface area contributed by atoms with Crippen molar-refractivity contribution in [2.45, 2.75) is 32.6 Å². The Labute approximate surface area is 83.9 Å². The molecule has 1 aliphatic rings. The fraction of sp³-hybridized carbons (Fsp3) is 0.545. The van der Waals surface area contributed by atoms with Gasteiger partial charge in [-0.05, 0) is 24.8 Å². The van der Waals surface area contributed by atoms with Gasteiger partial charge in [0.2, 0.25) is 6.40 Å². The maximum Gasteiger partial charge on any atom is 0.242 e. The molecule has 14 heavy (non-hydrogen) atoms. The highest BCUT2D eigenvalue weighted by Crippen LogP contribution is 2.29. The molecule has 1 aliphatic carbocycles. The van der Waals surface area contributed by atoms with Gasteiger partial charge in [-0.2, -0.15) is 0 Å². The molecule has 0 N–H and O–H groups in total. The first-order valence-corrected chi connectivity index (χ1v) is 4.55. The number of carbonyl (C=O) groups is 1. The molecular formula is C11H14F2O. The lowest BCUT2D eigenvalue weighted by Crippen LogP contribution is -2.16. The van der Waals surface area contributed by atoms with Crippen LogP contribution < -0.4 is 0 Å². The molecule has 3 heteroatoms. The van der Waals surface area contributed by atoms with Gasteiger partial charge in [-0.15, -0.1) is 0 Å². The van der Waals surface area contributed by atoms with E-state index in [1.54, 1.807) is 13.0 Å². The molecule has 0 unspecified atom stereocenters. The number of Topliss-reactive ketones (excluding diaryl/α,β-unsaturated/α-hetero) is 1. The summed E-state index contributed by atoms with van der Waals surface area (Å²) in [5.74, 6) is -0.238. The maximum absolute atomic E-state index is 12.4. The first kappa shape index (κ1) is 9.56. The predicted molar refractivity (Wildman–Crippen MR) is 51.2 cm³/mol. The van der Waals surface area contributed by atoms with Gasteiger partial charge in [0.05, 0.1) is 0 Å². The van der Waals surface area contributed by atoms with E-state index in [9.17, 15) is 13.6 Å². The van der Waals surface area contributed by atoms with E-state index < -0.39 is 12.8 Å². The van der Waals surface area contributed by atoms with Gasteiger partial charge in [0, 0.05) is 12.8 Å². The van der Waals surface area contributed by atoms with Crippen molar-refractivity contribution in [1.82, 2.24) is 0 Å². The summed E-state index contributed by atoms with van der Waals surface area (Å²) in [6.07, 6.45) is -1.55. The molecule has 1 atom stereocenters. The summed E-state index contributed by atoms with van der Waals surface area (Å²) >= 11 is 0. The standard InChI is InChI=1S/C11H14F2O/c1-7-3-4-9(6-10(7)14)8(2)5-11(12)13/h3,9,11H,2,4-6H2,1H3/t9-/m0/s1/i11D. The third-order valence-corrected chi connectivity index (χ3v) is 2.52. The van der Waals surface area contributed by atoms with Crippen molar-refractivity contribution in [3.05, 3.63) is 23.8 Å². The number of rotatable bonds is 3. The minimum absolute atomic E-state index is 0.0132. The van der Waals surface area contributed by atoms with Gasteiger partial charge >= 0.3 is 0 Å². The zero-order chi connectivity index (χ0) is 11.6. The Bertz CT molecular complexity index is 315. The molecule has 0 amide bonds. The molecule has 0 aromatic carbocycles. The van der Waals surface area contributed by atoms with E-state index in [-0.39, 0.29) is 18.1 Å². The fourth-order valence-corrected chi connectivity index (χ4v) is 1.53. The lowest BCUT2D eigenvalue weighted by atomic mass is 9.83. The molecule has 0 aromatic heterocycles. The molecule has 0 spiro atoms. The molecule has 0 radical (unpaired) electrons. The van der Waals surface area contributed by atoms with Crippen molar-refractivity contribution in [3.8, 4) is 0 Å². The Morgan fingerprint density at radius 3 is 3.00 bits per heavy atom. The minimum atomic E-state index is -3.48. The number of halogens is 2. The van der Waals surface area contributed by atoms with Crippen LogP contribution in [0.2, 0.25) is 0 Å². The molecule has 0 bridgehead atoms. The van der Waals surface area contributed by atoms with Gasteiger partial charge in [0.15, 0.2) is 5.78 Å². The highest BCUT2D eigenvalue weighted by atomic mass is 19.3. The fourth-order valence-electron chi connectivity index (χ4n) is 1.53. The van der Waals surface area contributed by atoms with Crippen LogP contribution in [0, 0.1) is 5.92 Å². The molecule has 0 aliphatic heterocycles. The van der Waals surface area contributed by atoms with Gasteiger partial charge < -0.3 is 0 Å². The average Bonchev–Trinajstić information content (AvgIpc) is 2.06. The summed E-state index contributed by atoms with van der Waals surface area (Å²) in [5, 5.41) is 0. The Morgan fingerprint density at radius 2 is 2.50 bits per heavy atom. The first-order chi connectivity index (χ1) is 6.79. The lowest BCUT2D eigenvalue weighted by Gasteiger charge is -2.21. The van der Waals surface area contributed by atoms with Crippen molar-refractivity contribution < 1.29 is 14.9 Å². The Balaban J connectivity index is 2.61. The van der Waals surface area contributed by atoms with Gasteiger partial charge in [-0.1, -0.05) is 18.2 Å². The molecule has 78 valence electrons. The molecule has 1 rings (SSSR count). The van der Waals surface area contributed by atoms with Crippen molar-refractivity contribution in [2.24, 2.45) is 5.92 Å². The number of carbonyl (C=O) groups excluding carboxylic acids is 1. The van der Waals surface area contributed by atoms with Crippen LogP contribution in [0.15, 0.2) is 23.8 Å². The van der Waals surface area contributed by atoms with Crippen LogP contribution in [-0.2, 0) is 4.79 Å². The summed E-state index contributed by atoms with van der Waals surface area (Å²) in [6.45, 7) is 5.26. The summed E-state index contributed by atoms with van der Waals surface area (Å²) in [6, 6.07) is 0. The number of allylic oxidation sites excluding steroid dienone is 3. The summed E-state index contributed by atoms with van der Waals surface area (Å²) in [7, 11) is 0. The van der Waals surface area contributed by atoms with Gasteiger partial charge in [-0.3, -0.25) is 4.79 Å². The van der Waals surface area contributed by atoms with Crippen molar-refractivity contribution in [1.29, 1.82) is 0 Å². The maximum atomic E-state index is 12.4. The van der Waals surface area contributed by atoms with Crippen molar-refractivity contribution >= 4 is 5.78 Å². The van der Waals surface area contributed by atoms with E-state index in [1.165, 1.54) is 0 Å². The molecule has 0 aromatic rings. The van der Waals surface area contributed by atoms with Crippen LogP contribution in [0.3, 0.4) is 0 Å². The molecule has 0 heterocycles. The zero-order valence-corrected chi connectivity index (χ0v) is 8.15. The quantitative estimate of drug-likeness (QED) is 0.641. The highest BCUT2D eigenvalue weighted by Gasteiger charge is 2.22. The molecule has 0 saturated heterocycles. The number of alkyl halides is 2. The molecule has 1 nitrogen and oxygen atoms in total. The van der Waals surface area contributed by atoms with Crippen molar-refractivity contribution in [2.75, 3.05) is 0 Å². The lowest BCUT2D eigenvalue weighted by molar-refractivity contribution is -0.116. The first-order valence-electron chi connectivity index (χ1n) is 5.05. The Kier molecular flexibility index (Phi) is 3.07. The minimum Gasteiger partial charge on any atom is -0.295 e. The normalized spacial score (nSPS) is 24.2. The second kappa shape index (κ2) is 4.49. The Hall–Kier alpha value is -0.990. The third-order valence-electron chi connectivity index (χ3n) is 2.52. The van der Waals surface area contributed by atoms with Gasteiger partial charge in [0.1, 0.15) is 1.37 Å². The molecular weight excluding hydrogens is 186 g/mol. The van der Waals surface area contributed by atoms with Crippen LogP contribution in [0.4, 0.5) is 8.78 Å². The van der Waals surface area contributed by atoms with E-state index in [0.29, 0.717) is 17.6 Å². The second-order valence-electron chi connectivity index (χ2n) is 3.62. The third kappa shape index (κ3) is 2.76. The van der Waals surface area contributed by atoms with Crippen LogP contribution in [0.1, 0.15) is 27.6 Å². The van der Waals surface area contributed by atoms with Gasteiger partial charge in [-0.25, -0.2) is 8.78 Å². The van der Waals surface area contributed by atoms with E-state index in [1.807, 2.05) is 0 Å². The van der Waals surface area contributed by atoms with E-state index >= 15 is 0 Å². The number of ketones is 1. The number of hydrogen-bond acceptors (Lipinski definition) is 1. The van der Waals surface area contributed by atoms with Crippen molar-refractivity contribution in [3.63, 3.8) is 0 Å². The van der Waals surface area contributed by atoms with Crippen LogP contribution in [0.25, 0.3) is 0 Å². The predicted octanol–water partition coefficient (Wildman–Crippen LogP) is 3.12. The largest absolute Gasteiger partial charge is 0.295 e. The van der Waals surface area contributed by atoms with E-state index in [0.717, 1.165) is 0 Å². The highest BCUT2D eigenvalue weighted by molar-refractivity contribution is 5.95. The van der Waals surface area contributed by atoms with E-state index in [4.69, 9.17) is 1.37 Å². The number of hydrogen-bond donors (Lipinski definition) is 0. The second-order valence-corrected chi connectivity index (χ2v) is 3.62. The Morgan fingerprint density at radius 1 is 1.86 bits per heavy atom. The molecule has 0 fully saturated rings. The summed E-state index contributed by atoms with van der Waals surface area (Å²) in [5.41, 5.74) is 0.990. The topological polar surface area (TPSA) is 17.1 Å². The monoisotopic (exact) mass is 201 g/mol. The summed E-state index contributed by atoms with van der Waals surface area (Å²) in [4.78, 5) is 11.3. The van der Waals surface area contributed by atoms with Crippen LogP contribution in [-0.4, -0.2) is 12.2 Å². The van der Waals surface area contributed by atoms with Crippen LogP contribution in [0.5, 0.6) is 0 Å². The molecule has 0 saturated carbocycles. The van der Waals surface area contributed by atoms with Crippen LogP contribution >= 0.6 is 0 Å². The van der Waals surface area contributed by atoms with E-state index in [2.05, 4.69) is 6.58 Å². The summed E-state index contributed by atoms with van der Waals surface area (Å²) < 4.78 is 31.3. The smallest absolute Gasteiger partial charge is 0.242 e. The zero-order valence-electron chi connectivity index (χ0n) is 9.15.